The van der Waals surface area contributed by atoms with Gasteiger partial charge in [-0.3, -0.25) is 0 Å². The molecule has 1 N–H and O–H groups in total. The van der Waals surface area contributed by atoms with Gasteiger partial charge >= 0.3 is 0 Å². The SMILES string of the molecule is CN(C)c1ccc(CNCC2CCCO2)cc1.[Cl-]. The fraction of sp³-hybridized carbons (Fsp3) is 0.571. The molecule has 0 aromatic heterocycles. The summed E-state index contributed by atoms with van der Waals surface area (Å²) in [4.78, 5) is 2.11. The maximum atomic E-state index is 5.57. The van der Waals surface area contributed by atoms with Crippen LogP contribution in [-0.4, -0.2) is 33.4 Å². The second kappa shape index (κ2) is 7.62. The lowest BCUT2D eigenvalue weighted by Crippen LogP contribution is -3.00. The number of nitrogens with one attached hydrogen (secondary N) is 1. The van der Waals surface area contributed by atoms with Gasteiger partial charge in [0.15, 0.2) is 0 Å². The van der Waals surface area contributed by atoms with E-state index in [0.717, 1.165) is 19.7 Å². The second-order valence-electron chi connectivity index (χ2n) is 4.83. The molecule has 18 heavy (non-hydrogen) atoms. The Morgan fingerprint density at radius 2 is 2.00 bits per heavy atom. The average molecular weight is 270 g/mol. The third kappa shape index (κ3) is 4.48. The molecule has 0 amide bonds. The molecule has 0 bridgehead atoms. The van der Waals surface area contributed by atoms with Gasteiger partial charge in [-0.25, -0.2) is 0 Å². The van der Waals surface area contributed by atoms with E-state index in [0.29, 0.717) is 6.10 Å². The molecule has 1 heterocycles. The monoisotopic (exact) mass is 269 g/mol. The maximum absolute atomic E-state index is 5.57. The van der Waals surface area contributed by atoms with Crippen LogP contribution >= 0.6 is 0 Å². The van der Waals surface area contributed by atoms with Gasteiger partial charge in [0.25, 0.3) is 0 Å². The first kappa shape index (κ1) is 15.3. The number of hydrogen-bond donors (Lipinski definition) is 1. The number of nitrogens with zero attached hydrogens (tertiary/aromatic N) is 1. The van der Waals surface area contributed by atoms with E-state index in [-0.39, 0.29) is 12.4 Å². The normalized spacial score (nSPS) is 18.4. The van der Waals surface area contributed by atoms with Crippen molar-refractivity contribution in [3.05, 3.63) is 29.8 Å². The highest BCUT2D eigenvalue weighted by atomic mass is 35.5. The predicted molar refractivity (Wildman–Crippen MR) is 71.4 cm³/mol. The molecule has 0 saturated carbocycles. The Hall–Kier alpha value is -0.770. The van der Waals surface area contributed by atoms with E-state index < -0.39 is 0 Å². The van der Waals surface area contributed by atoms with Crippen molar-refractivity contribution < 1.29 is 17.1 Å². The van der Waals surface area contributed by atoms with Crippen LogP contribution < -0.4 is 22.6 Å². The molecule has 1 aromatic carbocycles. The van der Waals surface area contributed by atoms with Crippen molar-refractivity contribution in [3.8, 4) is 0 Å². The molecule has 0 radical (unpaired) electrons. The summed E-state index contributed by atoms with van der Waals surface area (Å²) in [6, 6.07) is 8.67. The van der Waals surface area contributed by atoms with Gasteiger partial charge in [0.2, 0.25) is 0 Å². The van der Waals surface area contributed by atoms with E-state index in [1.54, 1.807) is 0 Å². The molecule has 1 saturated heterocycles. The van der Waals surface area contributed by atoms with Crippen LogP contribution in [0.25, 0.3) is 0 Å². The van der Waals surface area contributed by atoms with Crippen molar-refractivity contribution in [2.24, 2.45) is 0 Å². The van der Waals surface area contributed by atoms with Gasteiger partial charge in [-0.1, -0.05) is 12.1 Å². The molecule has 0 aliphatic carbocycles. The Morgan fingerprint density at radius 1 is 1.28 bits per heavy atom. The number of rotatable bonds is 5. The molecule has 1 aliphatic heterocycles. The topological polar surface area (TPSA) is 24.5 Å². The van der Waals surface area contributed by atoms with Crippen molar-refractivity contribution in [1.29, 1.82) is 0 Å². The maximum Gasteiger partial charge on any atom is 0.0700 e. The molecular weight excluding hydrogens is 248 g/mol. The quantitative estimate of drug-likeness (QED) is 0.744. The van der Waals surface area contributed by atoms with E-state index in [1.165, 1.54) is 24.1 Å². The largest absolute Gasteiger partial charge is 1.00 e. The van der Waals surface area contributed by atoms with Gasteiger partial charge in [0.1, 0.15) is 0 Å². The van der Waals surface area contributed by atoms with E-state index in [1.807, 2.05) is 0 Å². The third-order valence-corrected chi connectivity index (χ3v) is 3.18. The molecule has 1 fully saturated rings. The lowest BCUT2D eigenvalue weighted by atomic mass is 10.2. The molecule has 4 heteroatoms. The molecule has 102 valence electrons. The fourth-order valence-corrected chi connectivity index (χ4v) is 2.09. The number of ether oxygens (including phenoxy) is 1. The van der Waals surface area contributed by atoms with Crippen LogP contribution in [0.3, 0.4) is 0 Å². The van der Waals surface area contributed by atoms with E-state index in [9.17, 15) is 0 Å². The Labute approximate surface area is 116 Å². The highest BCUT2D eigenvalue weighted by molar-refractivity contribution is 5.45. The minimum atomic E-state index is 0. The number of anilines is 1. The minimum absolute atomic E-state index is 0. The molecular formula is C14H22ClN2O-. The number of halogens is 1. The Balaban J connectivity index is 0.00000162. The second-order valence-corrected chi connectivity index (χ2v) is 4.83. The van der Waals surface area contributed by atoms with Gasteiger partial charge in [0, 0.05) is 39.5 Å². The Morgan fingerprint density at radius 3 is 2.56 bits per heavy atom. The Bertz CT molecular complexity index is 334. The summed E-state index contributed by atoms with van der Waals surface area (Å²) in [5.41, 5.74) is 2.57. The standard InChI is InChI=1S/C14H22N2O.ClH/c1-16(2)13-7-5-12(6-8-13)10-15-11-14-4-3-9-17-14;/h5-8,14-15H,3-4,9-11H2,1-2H3;1H/p-1. The van der Waals surface area contributed by atoms with Crippen LogP contribution in [0.15, 0.2) is 24.3 Å². The van der Waals surface area contributed by atoms with Gasteiger partial charge in [-0.05, 0) is 30.5 Å². The lowest BCUT2D eigenvalue weighted by molar-refractivity contribution is -0.00000490. The van der Waals surface area contributed by atoms with Crippen LogP contribution in [0.4, 0.5) is 5.69 Å². The molecule has 3 nitrogen and oxygen atoms in total. The molecule has 1 aliphatic rings. The summed E-state index contributed by atoms with van der Waals surface area (Å²) in [5.74, 6) is 0. The first-order chi connectivity index (χ1) is 8.25. The minimum Gasteiger partial charge on any atom is -1.00 e. The zero-order chi connectivity index (χ0) is 12.1. The Kier molecular flexibility index (Phi) is 6.47. The van der Waals surface area contributed by atoms with Gasteiger partial charge < -0.3 is 27.4 Å². The molecule has 1 atom stereocenters. The van der Waals surface area contributed by atoms with Gasteiger partial charge in [-0.2, -0.15) is 0 Å². The summed E-state index contributed by atoms with van der Waals surface area (Å²) >= 11 is 0. The number of benzene rings is 1. The molecule has 0 spiro atoms. The molecule has 1 aromatic rings. The zero-order valence-corrected chi connectivity index (χ0v) is 11.9. The van der Waals surface area contributed by atoms with Crippen LogP contribution in [0.2, 0.25) is 0 Å². The summed E-state index contributed by atoms with van der Waals surface area (Å²) in [6.07, 6.45) is 2.84. The van der Waals surface area contributed by atoms with Crippen molar-refractivity contribution in [2.45, 2.75) is 25.5 Å². The summed E-state index contributed by atoms with van der Waals surface area (Å²) in [6.45, 7) is 2.83. The van der Waals surface area contributed by atoms with Crippen LogP contribution in [-0.2, 0) is 11.3 Å². The van der Waals surface area contributed by atoms with Gasteiger partial charge in [0.05, 0.1) is 6.10 Å². The van der Waals surface area contributed by atoms with Crippen molar-refractivity contribution >= 4 is 5.69 Å². The summed E-state index contributed by atoms with van der Waals surface area (Å²) in [5, 5.41) is 3.45. The highest BCUT2D eigenvalue weighted by Crippen LogP contribution is 2.13. The van der Waals surface area contributed by atoms with Crippen molar-refractivity contribution in [1.82, 2.24) is 5.32 Å². The van der Waals surface area contributed by atoms with E-state index >= 15 is 0 Å². The van der Waals surface area contributed by atoms with Crippen LogP contribution in [0.5, 0.6) is 0 Å². The third-order valence-electron chi connectivity index (χ3n) is 3.18. The number of hydrogen-bond acceptors (Lipinski definition) is 3. The van der Waals surface area contributed by atoms with E-state index in [4.69, 9.17) is 4.74 Å². The van der Waals surface area contributed by atoms with Crippen molar-refractivity contribution in [3.63, 3.8) is 0 Å². The van der Waals surface area contributed by atoms with Crippen LogP contribution in [0, 0.1) is 0 Å². The van der Waals surface area contributed by atoms with E-state index in [2.05, 4.69) is 48.6 Å². The predicted octanol–water partition coefficient (Wildman–Crippen LogP) is -0.975. The lowest BCUT2D eigenvalue weighted by Gasteiger charge is -2.14. The summed E-state index contributed by atoms with van der Waals surface area (Å²) < 4.78 is 5.57. The van der Waals surface area contributed by atoms with Gasteiger partial charge in [-0.15, -0.1) is 0 Å². The van der Waals surface area contributed by atoms with Crippen LogP contribution in [0.1, 0.15) is 18.4 Å². The fourth-order valence-electron chi connectivity index (χ4n) is 2.09. The average Bonchev–Trinajstić information content (AvgIpc) is 2.83. The smallest absolute Gasteiger partial charge is 0.0700 e. The highest BCUT2D eigenvalue weighted by Gasteiger charge is 2.14. The van der Waals surface area contributed by atoms with Crippen molar-refractivity contribution in [2.75, 3.05) is 32.1 Å². The molecule has 1 unspecified atom stereocenters. The first-order valence-corrected chi connectivity index (χ1v) is 6.34. The molecule has 2 rings (SSSR count). The zero-order valence-electron chi connectivity index (χ0n) is 11.2. The first-order valence-electron chi connectivity index (χ1n) is 6.34. The summed E-state index contributed by atoms with van der Waals surface area (Å²) in [7, 11) is 4.12.